The van der Waals surface area contributed by atoms with Gasteiger partial charge in [0.2, 0.25) is 10.0 Å². The molecule has 0 aromatic heterocycles. The third kappa shape index (κ3) is 2.38. The smallest absolute Gasteiger partial charge is 0.243 e. The fraction of sp³-hybridized carbons (Fsp3) is 0.571. The lowest BCUT2D eigenvalue weighted by Crippen LogP contribution is -2.46. The summed E-state index contributed by atoms with van der Waals surface area (Å²) in [6, 6.07) is 5.06. The number of sulfonamides is 1. The Labute approximate surface area is 128 Å². The highest BCUT2D eigenvalue weighted by Crippen LogP contribution is 2.39. The zero-order valence-corrected chi connectivity index (χ0v) is 13.7. The molecular weight excluding hydrogens is 340 g/mol. The summed E-state index contributed by atoms with van der Waals surface area (Å²) in [6.07, 6.45) is 5.45. The average molecular weight is 359 g/mol. The van der Waals surface area contributed by atoms with Gasteiger partial charge < -0.3 is 5.73 Å². The molecule has 0 amide bonds. The first-order valence-electron chi connectivity index (χ1n) is 7.07. The van der Waals surface area contributed by atoms with Gasteiger partial charge in [0.05, 0.1) is 4.90 Å². The predicted molar refractivity (Wildman–Crippen MR) is 82.8 cm³/mol. The van der Waals surface area contributed by atoms with Gasteiger partial charge in [0.1, 0.15) is 0 Å². The molecule has 1 heterocycles. The summed E-state index contributed by atoms with van der Waals surface area (Å²) in [7, 11) is -3.41. The van der Waals surface area contributed by atoms with Crippen molar-refractivity contribution in [2.75, 3.05) is 12.3 Å². The van der Waals surface area contributed by atoms with Crippen molar-refractivity contribution < 1.29 is 8.42 Å². The van der Waals surface area contributed by atoms with Crippen LogP contribution in [0.3, 0.4) is 0 Å². The molecule has 2 unspecified atom stereocenters. The Morgan fingerprint density at radius 1 is 1.20 bits per heavy atom. The van der Waals surface area contributed by atoms with Crippen molar-refractivity contribution in [2.45, 2.75) is 43.0 Å². The Bertz CT molecular complexity index is 618. The van der Waals surface area contributed by atoms with E-state index in [1.807, 2.05) is 0 Å². The second-order valence-electron chi connectivity index (χ2n) is 5.70. The maximum atomic E-state index is 12.9. The van der Waals surface area contributed by atoms with Gasteiger partial charge in [-0.2, -0.15) is 4.31 Å². The number of halogens is 1. The number of hydrogen-bond donors (Lipinski definition) is 1. The van der Waals surface area contributed by atoms with Crippen molar-refractivity contribution in [3.8, 4) is 0 Å². The van der Waals surface area contributed by atoms with Gasteiger partial charge in [-0.1, -0.05) is 6.42 Å². The van der Waals surface area contributed by atoms with Gasteiger partial charge in [0, 0.05) is 22.7 Å². The number of anilines is 1. The molecule has 1 aromatic rings. The van der Waals surface area contributed by atoms with Crippen molar-refractivity contribution in [2.24, 2.45) is 5.92 Å². The summed E-state index contributed by atoms with van der Waals surface area (Å²) in [5.41, 5.74) is 6.30. The zero-order chi connectivity index (χ0) is 14.3. The maximum Gasteiger partial charge on any atom is 0.243 e. The standard InChI is InChI=1S/C14H19BrN2O2S/c15-12-9-11(6-7-13(12)16)20(18,19)17-8-2-4-10-3-1-5-14(10)17/h6-7,9-10,14H,1-5,8,16H2. The van der Waals surface area contributed by atoms with Crippen LogP contribution in [0.15, 0.2) is 27.6 Å². The highest BCUT2D eigenvalue weighted by atomic mass is 79.9. The van der Waals surface area contributed by atoms with Gasteiger partial charge in [-0.15, -0.1) is 0 Å². The number of piperidine rings is 1. The van der Waals surface area contributed by atoms with E-state index in [0.29, 0.717) is 27.5 Å². The van der Waals surface area contributed by atoms with E-state index in [0.717, 1.165) is 19.3 Å². The molecule has 0 bridgehead atoms. The summed E-state index contributed by atoms with van der Waals surface area (Å²) < 4.78 is 28.1. The Hall–Kier alpha value is -0.590. The molecule has 20 heavy (non-hydrogen) atoms. The number of rotatable bonds is 2. The van der Waals surface area contributed by atoms with E-state index < -0.39 is 10.0 Å². The minimum atomic E-state index is -3.41. The SMILES string of the molecule is Nc1ccc(S(=O)(=O)N2CCCC3CCCC32)cc1Br. The van der Waals surface area contributed by atoms with Crippen LogP contribution in [0.1, 0.15) is 32.1 Å². The molecule has 2 aliphatic rings. The van der Waals surface area contributed by atoms with Crippen LogP contribution in [-0.2, 0) is 10.0 Å². The number of nitrogen functional groups attached to an aromatic ring is 1. The molecule has 1 aromatic carbocycles. The molecule has 1 aliphatic heterocycles. The number of fused-ring (bicyclic) bond motifs is 1. The molecule has 1 saturated carbocycles. The van der Waals surface area contributed by atoms with Gasteiger partial charge in [-0.25, -0.2) is 8.42 Å². The molecule has 0 spiro atoms. The average Bonchev–Trinajstić information content (AvgIpc) is 2.89. The summed E-state index contributed by atoms with van der Waals surface area (Å²) >= 11 is 3.31. The lowest BCUT2D eigenvalue weighted by molar-refractivity contribution is 0.202. The van der Waals surface area contributed by atoms with Gasteiger partial charge in [0.15, 0.2) is 0 Å². The fourth-order valence-corrected chi connectivity index (χ4v) is 5.82. The summed E-state index contributed by atoms with van der Waals surface area (Å²) in [4.78, 5) is 0.339. The second kappa shape index (κ2) is 5.31. The maximum absolute atomic E-state index is 12.9. The van der Waals surface area contributed by atoms with Gasteiger partial charge in [0.25, 0.3) is 0 Å². The number of nitrogens with zero attached hydrogens (tertiary/aromatic N) is 1. The van der Waals surface area contributed by atoms with E-state index >= 15 is 0 Å². The first-order valence-corrected chi connectivity index (χ1v) is 9.30. The van der Waals surface area contributed by atoms with Crippen molar-refractivity contribution in [3.63, 3.8) is 0 Å². The third-order valence-corrected chi connectivity index (χ3v) is 7.13. The fourth-order valence-electron chi connectivity index (χ4n) is 3.51. The van der Waals surface area contributed by atoms with Crippen LogP contribution in [-0.4, -0.2) is 25.3 Å². The van der Waals surface area contributed by atoms with Crippen LogP contribution in [0.25, 0.3) is 0 Å². The highest BCUT2D eigenvalue weighted by Gasteiger charge is 2.41. The van der Waals surface area contributed by atoms with E-state index in [9.17, 15) is 8.42 Å². The van der Waals surface area contributed by atoms with E-state index in [-0.39, 0.29) is 6.04 Å². The van der Waals surface area contributed by atoms with Crippen LogP contribution in [0.2, 0.25) is 0 Å². The normalized spacial score (nSPS) is 27.4. The number of benzene rings is 1. The Morgan fingerprint density at radius 2 is 1.95 bits per heavy atom. The van der Waals surface area contributed by atoms with Crippen molar-refractivity contribution >= 4 is 31.6 Å². The Kier molecular flexibility index (Phi) is 3.81. The molecule has 2 N–H and O–H groups in total. The molecule has 110 valence electrons. The molecule has 6 heteroatoms. The van der Waals surface area contributed by atoms with Crippen LogP contribution in [0.4, 0.5) is 5.69 Å². The molecule has 1 saturated heterocycles. The zero-order valence-electron chi connectivity index (χ0n) is 11.3. The van der Waals surface area contributed by atoms with Crippen molar-refractivity contribution in [3.05, 3.63) is 22.7 Å². The first kappa shape index (κ1) is 14.4. The molecule has 3 rings (SSSR count). The van der Waals surface area contributed by atoms with Crippen LogP contribution in [0, 0.1) is 5.92 Å². The monoisotopic (exact) mass is 358 g/mol. The van der Waals surface area contributed by atoms with Crippen molar-refractivity contribution in [1.82, 2.24) is 4.31 Å². The molecule has 2 fully saturated rings. The lowest BCUT2D eigenvalue weighted by atomic mass is 9.94. The molecule has 0 radical (unpaired) electrons. The molecule has 1 aliphatic carbocycles. The van der Waals surface area contributed by atoms with Gasteiger partial charge >= 0.3 is 0 Å². The molecule has 2 atom stereocenters. The van der Waals surface area contributed by atoms with E-state index in [1.165, 1.54) is 12.8 Å². The van der Waals surface area contributed by atoms with Crippen LogP contribution >= 0.6 is 15.9 Å². The lowest BCUT2D eigenvalue weighted by Gasteiger charge is -2.36. The molecular formula is C14H19BrN2O2S. The number of nitrogens with two attached hydrogens (primary N) is 1. The summed E-state index contributed by atoms with van der Waals surface area (Å²) in [6.45, 7) is 0.644. The van der Waals surface area contributed by atoms with Crippen LogP contribution in [0.5, 0.6) is 0 Å². The van der Waals surface area contributed by atoms with Gasteiger partial charge in [-0.3, -0.25) is 0 Å². The first-order chi connectivity index (χ1) is 9.50. The Morgan fingerprint density at radius 3 is 2.70 bits per heavy atom. The largest absolute Gasteiger partial charge is 0.398 e. The summed E-state index contributed by atoms with van der Waals surface area (Å²) in [5.74, 6) is 0.552. The van der Waals surface area contributed by atoms with E-state index in [2.05, 4.69) is 15.9 Å². The van der Waals surface area contributed by atoms with E-state index in [1.54, 1.807) is 22.5 Å². The third-order valence-electron chi connectivity index (χ3n) is 4.52. The highest BCUT2D eigenvalue weighted by molar-refractivity contribution is 9.10. The Balaban J connectivity index is 1.96. The van der Waals surface area contributed by atoms with E-state index in [4.69, 9.17) is 5.73 Å². The van der Waals surface area contributed by atoms with Gasteiger partial charge in [-0.05, 0) is 65.7 Å². The quantitative estimate of drug-likeness (QED) is 0.826. The summed E-state index contributed by atoms with van der Waals surface area (Å²) in [5, 5.41) is 0. The second-order valence-corrected chi connectivity index (χ2v) is 8.44. The molecule has 4 nitrogen and oxygen atoms in total. The predicted octanol–water partition coefficient (Wildman–Crippen LogP) is 2.98. The van der Waals surface area contributed by atoms with Crippen molar-refractivity contribution in [1.29, 1.82) is 0 Å². The number of hydrogen-bond acceptors (Lipinski definition) is 3. The topological polar surface area (TPSA) is 63.4 Å². The minimum Gasteiger partial charge on any atom is -0.398 e. The van der Waals surface area contributed by atoms with Crippen LogP contribution < -0.4 is 5.73 Å². The minimum absolute atomic E-state index is 0.199.